The van der Waals surface area contributed by atoms with Crippen molar-refractivity contribution in [1.82, 2.24) is 19.6 Å². The average Bonchev–Trinajstić information content (AvgIpc) is 3.70. The first-order valence-corrected chi connectivity index (χ1v) is 18.8. The molecule has 15 heteroatoms. The molecule has 0 saturated carbocycles. The summed E-state index contributed by atoms with van der Waals surface area (Å²) in [7, 11) is -1.53. The number of aliphatic hydroxyl groups is 1. The third-order valence-corrected chi connectivity index (χ3v) is 12.0. The van der Waals surface area contributed by atoms with Crippen molar-refractivity contribution in [2.45, 2.75) is 63.2 Å². The Kier molecular flexibility index (Phi) is 8.80. The fourth-order valence-electron chi connectivity index (χ4n) is 7.32. The lowest BCUT2D eigenvalue weighted by Crippen LogP contribution is -2.46. The zero-order valence-corrected chi connectivity index (χ0v) is 28.1. The number of non-ortho nitro benzene ring substituents is 1. The van der Waals surface area contributed by atoms with Crippen LogP contribution in [0.3, 0.4) is 0 Å². The molecule has 6 rings (SSSR count). The van der Waals surface area contributed by atoms with E-state index < -0.39 is 30.9 Å². The van der Waals surface area contributed by atoms with Crippen LogP contribution in [0.2, 0.25) is 18.6 Å². The van der Waals surface area contributed by atoms with Gasteiger partial charge in [0.1, 0.15) is 0 Å². The Morgan fingerprint density at radius 1 is 1.15 bits per heavy atom. The number of carbonyl (C=O) groups excluding carboxylic acids is 1. The summed E-state index contributed by atoms with van der Waals surface area (Å²) in [6, 6.07) is 14.9. The van der Waals surface area contributed by atoms with E-state index in [0.717, 1.165) is 5.56 Å². The summed E-state index contributed by atoms with van der Waals surface area (Å²) in [5.74, 6) is -0.643. The van der Waals surface area contributed by atoms with Crippen molar-refractivity contribution in [2.24, 2.45) is 5.92 Å². The quantitative estimate of drug-likeness (QED) is 0.136. The number of anilines is 1. The number of hydrogen-bond donors (Lipinski definition) is 2. The molecule has 0 radical (unpaired) electrons. The molecule has 4 aromatic rings. The van der Waals surface area contributed by atoms with Gasteiger partial charge in [0.25, 0.3) is 17.2 Å². The molecule has 1 spiro atoms. The van der Waals surface area contributed by atoms with Gasteiger partial charge in [-0.05, 0) is 55.4 Å². The van der Waals surface area contributed by atoms with E-state index in [1.165, 1.54) is 23.8 Å². The van der Waals surface area contributed by atoms with Gasteiger partial charge in [0.05, 0.1) is 36.1 Å². The summed E-state index contributed by atoms with van der Waals surface area (Å²) >= 11 is 0. The predicted molar refractivity (Wildman–Crippen MR) is 177 cm³/mol. The summed E-state index contributed by atoms with van der Waals surface area (Å²) in [5.41, 5.74) is 0.549. The van der Waals surface area contributed by atoms with E-state index in [-0.39, 0.29) is 41.6 Å². The summed E-state index contributed by atoms with van der Waals surface area (Å²) in [5, 5.41) is 29.4. The number of nitro benzene ring substituents is 1. The molecule has 1 fully saturated rings. The zero-order valence-electron chi connectivity index (χ0n) is 27.1. The minimum atomic E-state index is -2.97. The number of benzene rings is 2. The highest BCUT2D eigenvalue weighted by Gasteiger charge is 2.66. The monoisotopic (exact) mass is 674 g/mol. The minimum absolute atomic E-state index is 0.0482. The van der Waals surface area contributed by atoms with Crippen molar-refractivity contribution in [3.05, 3.63) is 104 Å². The first-order chi connectivity index (χ1) is 22.9. The summed E-state index contributed by atoms with van der Waals surface area (Å²) in [6.07, 6.45) is 3.64. The number of pyridine rings is 1. The second kappa shape index (κ2) is 12.7. The Labute approximate surface area is 277 Å². The van der Waals surface area contributed by atoms with Gasteiger partial charge in [0.2, 0.25) is 0 Å². The molecule has 0 unspecified atom stereocenters. The van der Waals surface area contributed by atoms with Crippen LogP contribution in [0.5, 0.6) is 5.75 Å². The number of hydrogen-bond acceptors (Lipinski definition) is 10. The molecule has 1 amide bonds. The number of ether oxygens (including phenoxy) is 2. The van der Waals surface area contributed by atoms with Crippen molar-refractivity contribution >= 4 is 25.6 Å². The highest BCUT2D eigenvalue weighted by molar-refractivity contribution is 6.71. The van der Waals surface area contributed by atoms with E-state index in [9.17, 15) is 29.6 Å². The average molecular weight is 675 g/mol. The molecule has 48 heavy (non-hydrogen) atoms. The molecule has 252 valence electrons. The largest absolute Gasteiger partial charge is 0.491 e. The third-order valence-electron chi connectivity index (χ3n) is 9.46. The lowest BCUT2D eigenvalue weighted by Gasteiger charge is -2.32. The van der Waals surface area contributed by atoms with Crippen LogP contribution in [0, 0.1) is 16.0 Å². The number of carbonyl (C=O) groups is 1. The van der Waals surface area contributed by atoms with Gasteiger partial charge in [0.15, 0.2) is 19.7 Å². The smallest absolute Gasteiger partial charge is 0.297 e. The first kappa shape index (κ1) is 33.2. The molecular formula is C33H38N6O8Si. The molecule has 2 aromatic heterocycles. The third kappa shape index (κ3) is 5.72. The van der Waals surface area contributed by atoms with Crippen LogP contribution < -0.4 is 15.2 Å². The number of aromatic nitrogens is 4. The highest BCUT2D eigenvalue weighted by atomic mass is 28.4. The summed E-state index contributed by atoms with van der Waals surface area (Å²) < 4.78 is 15.1. The second-order valence-corrected chi connectivity index (χ2v) is 16.8. The molecule has 14 nitrogen and oxygen atoms in total. The van der Waals surface area contributed by atoms with E-state index in [4.69, 9.17) is 9.47 Å². The van der Waals surface area contributed by atoms with Gasteiger partial charge in [0, 0.05) is 66.8 Å². The number of amides is 1. The fourth-order valence-corrected chi connectivity index (χ4v) is 9.92. The number of fused-ring (bicyclic) bond motifs is 2. The molecule has 4 heterocycles. The molecule has 0 bridgehead atoms. The van der Waals surface area contributed by atoms with Crippen molar-refractivity contribution in [3.63, 3.8) is 0 Å². The van der Waals surface area contributed by atoms with Crippen LogP contribution >= 0.6 is 0 Å². The van der Waals surface area contributed by atoms with Gasteiger partial charge in [-0.1, -0.05) is 24.3 Å². The van der Waals surface area contributed by atoms with Crippen LogP contribution in [-0.2, 0) is 34.6 Å². The van der Waals surface area contributed by atoms with Crippen molar-refractivity contribution in [1.29, 1.82) is 0 Å². The van der Waals surface area contributed by atoms with Gasteiger partial charge in [-0.2, -0.15) is 0 Å². The van der Waals surface area contributed by atoms with Gasteiger partial charge >= 0.3 is 0 Å². The molecule has 2 aliphatic rings. The van der Waals surface area contributed by atoms with E-state index in [1.807, 2.05) is 32.2 Å². The zero-order chi connectivity index (χ0) is 34.4. The van der Waals surface area contributed by atoms with Crippen LogP contribution in [0.15, 0.2) is 71.8 Å². The molecule has 2 N–H and O–H groups in total. The number of aryl methyl sites for hydroxylation is 1. The second-order valence-electron chi connectivity index (χ2n) is 12.9. The minimum Gasteiger partial charge on any atom is -0.491 e. The number of nitrogens with zero attached hydrogens (tertiary/aromatic N) is 6. The lowest BCUT2D eigenvalue weighted by atomic mass is 9.82. The molecule has 2 aliphatic heterocycles. The number of rotatable bonds is 11. The van der Waals surface area contributed by atoms with E-state index in [1.54, 1.807) is 52.3 Å². The van der Waals surface area contributed by atoms with Crippen LogP contribution in [0.25, 0.3) is 5.69 Å². The van der Waals surface area contributed by atoms with Crippen molar-refractivity contribution < 1.29 is 29.1 Å². The molecule has 2 aromatic carbocycles. The summed E-state index contributed by atoms with van der Waals surface area (Å²) in [4.78, 5) is 52.0. The van der Waals surface area contributed by atoms with Gasteiger partial charge in [-0.3, -0.25) is 29.0 Å². The van der Waals surface area contributed by atoms with Gasteiger partial charge in [-0.25, -0.2) is 0 Å². The highest BCUT2D eigenvalue weighted by Crippen LogP contribution is 2.60. The van der Waals surface area contributed by atoms with Gasteiger partial charge < -0.3 is 24.3 Å². The van der Waals surface area contributed by atoms with Crippen LogP contribution in [0.4, 0.5) is 11.4 Å². The maximum atomic E-state index is 14.7. The number of nitro groups is 1. The number of methoxy groups -OCH3 is 1. The van der Waals surface area contributed by atoms with Crippen LogP contribution in [-0.4, -0.2) is 68.4 Å². The van der Waals surface area contributed by atoms with Crippen LogP contribution in [0.1, 0.15) is 30.2 Å². The SMILES string of the molecule is COc1cccn(-c2ccc(CN3C(=O)[C@@]4(O[C@@H](CCn5cc(CCO)nn5)[C@H]([Si](C)(C)O)[C@H]4C)c4cc([N+](=O)[O-])ccc43)cc2)c1=O. The van der Waals surface area contributed by atoms with E-state index in [0.29, 0.717) is 42.0 Å². The molecule has 4 atom stereocenters. The topological polar surface area (TPSA) is 175 Å². The normalized spacial score (nSPS) is 22.0. The Balaban J connectivity index is 1.35. The van der Waals surface area contributed by atoms with Crippen molar-refractivity contribution in [3.8, 4) is 11.4 Å². The first-order valence-electron chi connectivity index (χ1n) is 15.7. The van der Waals surface area contributed by atoms with Crippen molar-refractivity contribution in [2.75, 3.05) is 18.6 Å². The summed E-state index contributed by atoms with van der Waals surface area (Å²) in [6.45, 7) is 6.02. The lowest BCUT2D eigenvalue weighted by molar-refractivity contribution is -0.385. The molecular weight excluding hydrogens is 636 g/mol. The predicted octanol–water partition coefficient (Wildman–Crippen LogP) is 3.32. The Morgan fingerprint density at radius 2 is 1.90 bits per heavy atom. The fraction of sp³-hybridized carbons (Fsp3) is 0.394. The van der Waals surface area contributed by atoms with E-state index >= 15 is 0 Å². The maximum absolute atomic E-state index is 14.7. The molecule has 0 aliphatic carbocycles. The Morgan fingerprint density at radius 3 is 2.56 bits per heavy atom. The standard InChI is InChI=1S/C33H38N6O8Si/c1-21-30(48(3,4)45)28(13-16-36-20-23(14-17-40)34-35-36)47-33(21)26-18-25(39(43)44)11-12-27(26)38(32(33)42)19-22-7-9-24(10-8-22)37-15-5-6-29(46-2)31(37)41/h5-12,15,18,20-21,28,30,40,45H,13-14,16-17,19H2,1-4H3/t21-,28+,30-,33+/m1/s1. The Hall–Kier alpha value is -4.70. The number of aliphatic hydroxyl groups excluding tert-OH is 1. The molecule has 1 saturated heterocycles. The van der Waals surface area contributed by atoms with E-state index in [2.05, 4.69) is 10.3 Å². The maximum Gasteiger partial charge on any atom is 0.297 e. The Bertz CT molecular complexity index is 1900. The van der Waals surface area contributed by atoms with Gasteiger partial charge in [-0.15, -0.1) is 5.10 Å².